The highest BCUT2D eigenvalue weighted by Crippen LogP contribution is 2.06. The maximum atomic E-state index is 5.81. The summed E-state index contributed by atoms with van der Waals surface area (Å²) in [6, 6.07) is 2.09. The normalized spacial score (nSPS) is 13.6. The third-order valence-electron chi connectivity index (χ3n) is 3.00. The molecule has 0 spiro atoms. The maximum Gasteiger partial charge on any atom is 0.188 e. The monoisotopic (exact) mass is 265 g/mol. The van der Waals surface area contributed by atoms with Crippen molar-refractivity contribution in [2.75, 3.05) is 13.1 Å². The molecule has 0 saturated heterocycles. The molecule has 19 heavy (non-hydrogen) atoms. The van der Waals surface area contributed by atoms with Crippen molar-refractivity contribution < 1.29 is 0 Å². The summed E-state index contributed by atoms with van der Waals surface area (Å²) in [6.45, 7) is 10.9. The van der Waals surface area contributed by atoms with Gasteiger partial charge in [-0.1, -0.05) is 20.3 Å². The van der Waals surface area contributed by atoms with Crippen molar-refractivity contribution in [3.05, 3.63) is 17.5 Å². The van der Waals surface area contributed by atoms with Gasteiger partial charge < -0.3 is 11.1 Å². The molecule has 0 bridgehead atoms. The third-order valence-corrected chi connectivity index (χ3v) is 3.00. The smallest absolute Gasteiger partial charge is 0.188 e. The molecule has 3 N–H and O–H groups in total. The van der Waals surface area contributed by atoms with Crippen LogP contribution in [0, 0.1) is 19.8 Å². The van der Waals surface area contributed by atoms with Crippen LogP contribution in [0.25, 0.3) is 0 Å². The lowest BCUT2D eigenvalue weighted by molar-refractivity contribution is 0.450. The van der Waals surface area contributed by atoms with E-state index in [2.05, 4.69) is 42.2 Å². The standard InChI is InChI=1S/C14H27N5/c1-5-6-7-16-14(15)17-9-11(2)10-19-13(4)8-12(3)18-19/h8,11H,5-7,9-10H2,1-4H3,(H3,15,16,17). The Labute approximate surface area is 116 Å². The summed E-state index contributed by atoms with van der Waals surface area (Å²) >= 11 is 0. The molecule has 1 heterocycles. The molecule has 1 aromatic rings. The summed E-state index contributed by atoms with van der Waals surface area (Å²) < 4.78 is 2.04. The molecule has 1 unspecified atom stereocenters. The summed E-state index contributed by atoms with van der Waals surface area (Å²) in [7, 11) is 0. The van der Waals surface area contributed by atoms with Crippen LogP contribution < -0.4 is 11.1 Å². The van der Waals surface area contributed by atoms with Crippen molar-refractivity contribution in [3.63, 3.8) is 0 Å². The number of hydrogen-bond donors (Lipinski definition) is 2. The first-order chi connectivity index (χ1) is 9.02. The Kier molecular flexibility index (Phi) is 6.39. The fraction of sp³-hybridized carbons (Fsp3) is 0.714. The summed E-state index contributed by atoms with van der Waals surface area (Å²) in [5, 5.41) is 7.58. The van der Waals surface area contributed by atoms with Gasteiger partial charge in [0.2, 0.25) is 0 Å². The Morgan fingerprint density at radius 1 is 1.53 bits per heavy atom. The van der Waals surface area contributed by atoms with Gasteiger partial charge in [-0.2, -0.15) is 5.10 Å². The SMILES string of the molecule is CCCCNC(N)=NCC(C)Cn1nc(C)cc1C. The molecule has 0 aromatic carbocycles. The van der Waals surface area contributed by atoms with E-state index in [0.29, 0.717) is 11.9 Å². The van der Waals surface area contributed by atoms with Crippen molar-refractivity contribution in [2.45, 2.75) is 47.1 Å². The Morgan fingerprint density at radius 2 is 2.26 bits per heavy atom. The van der Waals surface area contributed by atoms with Gasteiger partial charge in [0, 0.05) is 25.3 Å². The molecular formula is C14H27N5. The lowest BCUT2D eigenvalue weighted by Gasteiger charge is -2.11. The Balaban J connectivity index is 2.36. The van der Waals surface area contributed by atoms with Crippen molar-refractivity contribution in [1.82, 2.24) is 15.1 Å². The number of aryl methyl sites for hydroxylation is 2. The molecule has 1 aromatic heterocycles. The van der Waals surface area contributed by atoms with Crippen LogP contribution >= 0.6 is 0 Å². The molecule has 0 saturated carbocycles. The van der Waals surface area contributed by atoms with Gasteiger partial charge in [-0.15, -0.1) is 0 Å². The second-order valence-corrected chi connectivity index (χ2v) is 5.22. The average Bonchev–Trinajstić information content (AvgIpc) is 2.65. The minimum atomic E-state index is 0.421. The predicted octanol–water partition coefficient (Wildman–Crippen LogP) is 1.84. The minimum Gasteiger partial charge on any atom is -0.370 e. The Hall–Kier alpha value is -1.52. The van der Waals surface area contributed by atoms with E-state index in [1.807, 2.05) is 11.6 Å². The zero-order valence-corrected chi connectivity index (χ0v) is 12.6. The predicted molar refractivity (Wildman–Crippen MR) is 80.3 cm³/mol. The Morgan fingerprint density at radius 3 is 2.84 bits per heavy atom. The lowest BCUT2D eigenvalue weighted by atomic mass is 10.2. The summed E-state index contributed by atoms with van der Waals surface area (Å²) in [5.41, 5.74) is 8.07. The number of guanidine groups is 1. The summed E-state index contributed by atoms with van der Waals surface area (Å²) in [5.74, 6) is 0.971. The van der Waals surface area contributed by atoms with Gasteiger partial charge >= 0.3 is 0 Å². The van der Waals surface area contributed by atoms with Crippen LogP contribution in [0.3, 0.4) is 0 Å². The summed E-state index contributed by atoms with van der Waals surface area (Å²) in [6.07, 6.45) is 2.28. The number of nitrogens with zero attached hydrogens (tertiary/aromatic N) is 3. The van der Waals surface area contributed by atoms with E-state index in [1.165, 1.54) is 5.69 Å². The molecule has 0 aliphatic heterocycles. The highest BCUT2D eigenvalue weighted by Gasteiger charge is 2.06. The number of unbranched alkanes of at least 4 members (excludes halogenated alkanes) is 1. The molecule has 0 fully saturated rings. The van der Waals surface area contributed by atoms with E-state index in [-0.39, 0.29) is 0 Å². The topological polar surface area (TPSA) is 68.2 Å². The third kappa shape index (κ3) is 5.77. The van der Waals surface area contributed by atoms with E-state index in [4.69, 9.17) is 5.73 Å². The first-order valence-corrected chi connectivity index (χ1v) is 7.07. The van der Waals surface area contributed by atoms with Crippen molar-refractivity contribution >= 4 is 5.96 Å². The molecule has 0 aliphatic carbocycles. The lowest BCUT2D eigenvalue weighted by Crippen LogP contribution is -2.33. The van der Waals surface area contributed by atoms with Gasteiger partial charge in [0.05, 0.1) is 5.69 Å². The first kappa shape index (κ1) is 15.5. The van der Waals surface area contributed by atoms with Crippen LogP contribution in [0.5, 0.6) is 0 Å². The van der Waals surface area contributed by atoms with Crippen molar-refractivity contribution in [1.29, 1.82) is 0 Å². The minimum absolute atomic E-state index is 0.421. The molecule has 0 aliphatic rings. The summed E-state index contributed by atoms with van der Waals surface area (Å²) in [4.78, 5) is 4.37. The largest absolute Gasteiger partial charge is 0.370 e. The van der Waals surface area contributed by atoms with Crippen LogP contribution in [0.1, 0.15) is 38.1 Å². The molecule has 1 rings (SSSR count). The van der Waals surface area contributed by atoms with Gasteiger partial charge in [0.15, 0.2) is 5.96 Å². The van der Waals surface area contributed by atoms with Crippen LogP contribution in [-0.2, 0) is 6.54 Å². The van der Waals surface area contributed by atoms with E-state index < -0.39 is 0 Å². The number of nitrogens with one attached hydrogen (secondary N) is 1. The number of aromatic nitrogens is 2. The van der Waals surface area contributed by atoms with E-state index in [0.717, 1.165) is 38.2 Å². The molecule has 108 valence electrons. The van der Waals surface area contributed by atoms with Crippen LogP contribution in [0.15, 0.2) is 11.1 Å². The van der Waals surface area contributed by atoms with Crippen LogP contribution in [-0.4, -0.2) is 28.8 Å². The van der Waals surface area contributed by atoms with Gasteiger partial charge in [0.25, 0.3) is 0 Å². The molecule has 5 nitrogen and oxygen atoms in total. The van der Waals surface area contributed by atoms with Gasteiger partial charge in [-0.3, -0.25) is 9.67 Å². The fourth-order valence-corrected chi connectivity index (χ4v) is 1.92. The van der Waals surface area contributed by atoms with E-state index in [1.54, 1.807) is 0 Å². The molecule has 5 heteroatoms. The van der Waals surface area contributed by atoms with Gasteiger partial charge in [0.1, 0.15) is 0 Å². The quantitative estimate of drug-likeness (QED) is 0.449. The van der Waals surface area contributed by atoms with E-state index in [9.17, 15) is 0 Å². The number of rotatable bonds is 7. The first-order valence-electron chi connectivity index (χ1n) is 7.07. The highest BCUT2D eigenvalue weighted by atomic mass is 15.3. The molecular weight excluding hydrogens is 238 g/mol. The molecule has 1 atom stereocenters. The van der Waals surface area contributed by atoms with Crippen LogP contribution in [0.2, 0.25) is 0 Å². The second kappa shape index (κ2) is 7.81. The van der Waals surface area contributed by atoms with Gasteiger partial charge in [-0.05, 0) is 32.3 Å². The van der Waals surface area contributed by atoms with Gasteiger partial charge in [-0.25, -0.2) is 0 Å². The zero-order chi connectivity index (χ0) is 14.3. The number of hydrogen-bond acceptors (Lipinski definition) is 2. The number of aliphatic imine (C=N–C) groups is 1. The van der Waals surface area contributed by atoms with E-state index >= 15 is 0 Å². The Bertz CT molecular complexity index is 408. The molecule has 0 radical (unpaired) electrons. The second-order valence-electron chi connectivity index (χ2n) is 5.22. The molecule has 0 amide bonds. The average molecular weight is 265 g/mol. The number of nitrogens with two attached hydrogens (primary N) is 1. The highest BCUT2D eigenvalue weighted by molar-refractivity contribution is 5.77. The fourth-order valence-electron chi connectivity index (χ4n) is 1.92. The maximum absolute atomic E-state index is 5.81. The zero-order valence-electron chi connectivity index (χ0n) is 12.6. The van der Waals surface area contributed by atoms with Crippen molar-refractivity contribution in [3.8, 4) is 0 Å². The van der Waals surface area contributed by atoms with Crippen molar-refractivity contribution in [2.24, 2.45) is 16.6 Å². The van der Waals surface area contributed by atoms with Crippen LogP contribution in [0.4, 0.5) is 0 Å².